The van der Waals surface area contributed by atoms with Crippen LogP contribution in [-0.2, 0) is 14.3 Å². The molecular formula is C11H18F3NO3. The highest BCUT2D eigenvalue weighted by molar-refractivity contribution is 5.72. The van der Waals surface area contributed by atoms with E-state index in [1.54, 1.807) is 6.92 Å². The number of halogens is 3. The molecule has 0 bridgehead atoms. The van der Waals surface area contributed by atoms with E-state index in [1.807, 2.05) is 4.90 Å². The molecule has 0 aromatic carbocycles. The molecule has 1 heterocycles. The van der Waals surface area contributed by atoms with E-state index in [9.17, 15) is 18.0 Å². The Morgan fingerprint density at radius 2 is 1.94 bits per heavy atom. The van der Waals surface area contributed by atoms with Crippen LogP contribution in [0.4, 0.5) is 13.2 Å². The third kappa shape index (κ3) is 5.68. The predicted octanol–water partition coefficient (Wildman–Crippen LogP) is 1.80. The summed E-state index contributed by atoms with van der Waals surface area (Å²) in [5, 5.41) is 0. The molecule has 4 nitrogen and oxygen atoms in total. The van der Waals surface area contributed by atoms with Crippen molar-refractivity contribution in [2.45, 2.75) is 26.1 Å². The van der Waals surface area contributed by atoms with Crippen molar-refractivity contribution in [2.24, 2.45) is 5.92 Å². The quantitative estimate of drug-likeness (QED) is 0.713. The van der Waals surface area contributed by atoms with Gasteiger partial charge in [0.15, 0.2) is 0 Å². The topological polar surface area (TPSA) is 38.8 Å². The maximum Gasteiger partial charge on any atom is 0.522 e. The van der Waals surface area contributed by atoms with Crippen LogP contribution in [0.1, 0.15) is 19.8 Å². The zero-order valence-corrected chi connectivity index (χ0v) is 10.3. The third-order valence-corrected chi connectivity index (χ3v) is 2.88. The number of alkyl halides is 3. The molecule has 1 rings (SSSR count). The first-order valence-electron chi connectivity index (χ1n) is 6.02. The average Bonchev–Trinajstić information content (AvgIpc) is 2.28. The van der Waals surface area contributed by atoms with E-state index < -0.39 is 6.36 Å². The summed E-state index contributed by atoms with van der Waals surface area (Å²) < 4.78 is 43.9. The molecule has 106 valence electrons. The molecule has 0 spiro atoms. The summed E-state index contributed by atoms with van der Waals surface area (Å²) in [6.07, 6.45) is -3.31. The number of ether oxygens (including phenoxy) is 2. The van der Waals surface area contributed by atoms with E-state index in [-0.39, 0.29) is 25.0 Å². The molecule has 0 aromatic rings. The van der Waals surface area contributed by atoms with Gasteiger partial charge in [-0.3, -0.25) is 9.53 Å². The van der Waals surface area contributed by atoms with Crippen LogP contribution >= 0.6 is 0 Å². The minimum absolute atomic E-state index is 0.121. The van der Waals surface area contributed by atoms with Gasteiger partial charge in [-0.1, -0.05) is 0 Å². The molecule has 1 saturated heterocycles. The van der Waals surface area contributed by atoms with Gasteiger partial charge in [0.05, 0.1) is 19.1 Å². The number of nitrogens with zero attached hydrogens (tertiary/aromatic N) is 1. The molecule has 0 aromatic heterocycles. The van der Waals surface area contributed by atoms with Gasteiger partial charge in [-0.2, -0.15) is 0 Å². The fourth-order valence-electron chi connectivity index (χ4n) is 1.94. The van der Waals surface area contributed by atoms with Crippen LogP contribution in [0.5, 0.6) is 0 Å². The number of hydrogen-bond donors (Lipinski definition) is 0. The lowest BCUT2D eigenvalue weighted by molar-refractivity contribution is -0.325. The van der Waals surface area contributed by atoms with Gasteiger partial charge in [-0.05, 0) is 32.9 Å². The zero-order valence-electron chi connectivity index (χ0n) is 10.3. The number of likely N-dealkylation sites (tertiary alicyclic amines) is 1. The summed E-state index contributed by atoms with van der Waals surface area (Å²) in [7, 11) is 0. The van der Waals surface area contributed by atoms with Crippen molar-refractivity contribution < 1.29 is 27.4 Å². The Morgan fingerprint density at radius 1 is 1.33 bits per heavy atom. The lowest BCUT2D eigenvalue weighted by atomic mass is 9.97. The summed E-state index contributed by atoms with van der Waals surface area (Å²) >= 11 is 0. The maximum atomic E-state index is 11.8. The van der Waals surface area contributed by atoms with Crippen LogP contribution in [0, 0.1) is 5.92 Å². The van der Waals surface area contributed by atoms with Crippen LogP contribution < -0.4 is 0 Å². The summed E-state index contributed by atoms with van der Waals surface area (Å²) in [4.78, 5) is 13.3. The third-order valence-electron chi connectivity index (χ3n) is 2.88. The second kappa shape index (κ2) is 6.94. The number of rotatable bonds is 5. The monoisotopic (exact) mass is 269 g/mol. The van der Waals surface area contributed by atoms with E-state index >= 15 is 0 Å². The summed E-state index contributed by atoms with van der Waals surface area (Å²) in [5.74, 6) is -0.326. The molecule has 0 atom stereocenters. The number of piperidine rings is 1. The zero-order chi connectivity index (χ0) is 13.6. The smallest absolute Gasteiger partial charge is 0.466 e. The Balaban J connectivity index is 2.17. The lowest BCUT2D eigenvalue weighted by Gasteiger charge is -2.30. The molecule has 1 fully saturated rings. The first-order chi connectivity index (χ1) is 8.42. The van der Waals surface area contributed by atoms with Gasteiger partial charge in [0.25, 0.3) is 0 Å². The Hall–Kier alpha value is -0.820. The highest BCUT2D eigenvalue weighted by Crippen LogP contribution is 2.19. The molecule has 0 N–H and O–H groups in total. The van der Waals surface area contributed by atoms with Crippen LogP contribution in [0.2, 0.25) is 0 Å². The molecule has 1 aliphatic rings. The Morgan fingerprint density at radius 3 is 2.44 bits per heavy atom. The van der Waals surface area contributed by atoms with Crippen molar-refractivity contribution in [3.05, 3.63) is 0 Å². The Labute approximate surface area is 104 Å². The van der Waals surface area contributed by atoms with E-state index in [2.05, 4.69) is 4.74 Å². The Bertz CT molecular complexity index is 263. The number of esters is 1. The van der Waals surface area contributed by atoms with Crippen molar-refractivity contribution in [1.29, 1.82) is 0 Å². The molecule has 18 heavy (non-hydrogen) atoms. The number of hydrogen-bond acceptors (Lipinski definition) is 4. The van der Waals surface area contributed by atoms with Gasteiger partial charge < -0.3 is 9.64 Å². The van der Waals surface area contributed by atoms with E-state index in [0.29, 0.717) is 32.5 Å². The van der Waals surface area contributed by atoms with Crippen LogP contribution in [0.3, 0.4) is 0 Å². The molecule has 0 radical (unpaired) electrons. The standard InChI is InChI=1S/C11H18F3NO3/c1-2-17-10(16)9-3-5-15(6-4-9)7-8-18-11(12,13)14/h9H,2-8H2,1H3. The highest BCUT2D eigenvalue weighted by atomic mass is 19.4. The number of carbonyl (C=O) groups excluding carboxylic acids is 1. The second-order valence-electron chi connectivity index (χ2n) is 4.16. The van der Waals surface area contributed by atoms with Gasteiger partial charge in [0.2, 0.25) is 0 Å². The van der Waals surface area contributed by atoms with Gasteiger partial charge in [0.1, 0.15) is 0 Å². The molecular weight excluding hydrogens is 251 g/mol. The predicted molar refractivity (Wildman–Crippen MR) is 57.8 cm³/mol. The van der Waals surface area contributed by atoms with Gasteiger partial charge in [-0.15, -0.1) is 13.2 Å². The van der Waals surface area contributed by atoms with Gasteiger partial charge >= 0.3 is 12.3 Å². The Kier molecular flexibility index (Phi) is 5.87. The van der Waals surface area contributed by atoms with Crippen molar-refractivity contribution >= 4 is 5.97 Å². The first kappa shape index (κ1) is 15.2. The molecule has 7 heteroatoms. The molecule has 0 unspecified atom stereocenters. The summed E-state index contributed by atoms with van der Waals surface area (Å²) in [5.41, 5.74) is 0. The van der Waals surface area contributed by atoms with Crippen LogP contribution in [-0.4, -0.2) is 50.1 Å². The van der Waals surface area contributed by atoms with Gasteiger partial charge in [-0.25, -0.2) is 0 Å². The number of carbonyl (C=O) groups is 1. The average molecular weight is 269 g/mol. The highest BCUT2D eigenvalue weighted by Gasteiger charge is 2.30. The van der Waals surface area contributed by atoms with Crippen molar-refractivity contribution in [3.63, 3.8) is 0 Å². The molecule has 1 aliphatic heterocycles. The summed E-state index contributed by atoms with van der Waals surface area (Å²) in [6, 6.07) is 0. The van der Waals surface area contributed by atoms with Crippen LogP contribution in [0.25, 0.3) is 0 Å². The van der Waals surface area contributed by atoms with Crippen LogP contribution in [0.15, 0.2) is 0 Å². The van der Waals surface area contributed by atoms with Crippen molar-refractivity contribution in [3.8, 4) is 0 Å². The minimum atomic E-state index is -4.57. The maximum absolute atomic E-state index is 11.8. The van der Waals surface area contributed by atoms with E-state index in [1.165, 1.54) is 0 Å². The first-order valence-corrected chi connectivity index (χ1v) is 6.02. The lowest BCUT2D eigenvalue weighted by Crippen LogP contribution is -2.39. The van der Waals surface area contributed by atoms with Gasteiger partial charge in [0, 0.05) is 6.54 Å². The molecule has 0 amide bonds. The van der Waals surface area contributed by atoms with E-state index in [0.717, 1.165) is 0 Å². The fourth-order valence-corrected chi connectivity index (χ4v) is 1.94. The SMILES string of the molecule is CCOC(=O)C1CCN(CCOC(F)(F)F)CC1. The largest absolute Gasteiger partial charge is 0.522 e. The fraction of sp³-hybridized carbons (Fsp3) is 0.909. The van der Waals surface area contributed by atoms with E-state index in [4.69, 9.17) is 4.74 Å². The molecule has 0 aliphatic carbocycles. The normalized spacial score (nSPS) is 18.9. The summed E-state index contributed by atoms with van der Waals surface area (Å²) in [6.45, 7) is 3.18. The second-order valence-corrected chi connectivity index (χ2v) is 4.16. The van der Waals surface area contributed by atoms with Crippen molar-refractivity contribution in [1.82, 2.24) is 4.90 Å². The molecule has 0 saturated carbocycles. The van der Waals surface area contributed by atoms with Crippen molar-refractivity contribution in [2.75, 3.05) is 32.8 Å². The minimum Gasteiger partial charge on any atom is -0.466 e.